The van der Waals surface area contributed by atoms with Crippen molar-refractivity contribution in [3.05, 3.63) is 23.2 Å². The molecule has 1 aromatic rings. The summed E-state index contributed by atoms with van der Waals surface area (Å²) in [5, 5.41) is 9.39. The van der Waals surface area contributed by atoms with Crippen LogP contribution in [0.5, 0.6) is 0 Å². The summed E-state index contributed by atoms with van der Waals surface area (Å²) in [5.41, 5.74) is 1.39. The first kappa shape index (κ1) is 15.3. The van der Waals surface area contributed by atoms with Gasteiger partial charge in [-0.3, -0.25) is 9.59 Å². The van der Waals surface area contributed by atoms with Gasteiger partial charge in [0, 0.05) is 18.5 Å². The average Bonchev–Trinajstić information content (AvgIpc) is 3.16. The van der Waals surface area contributed by atoms with Crippen LogP contribution < -0.4 is 16.0 Å². The molecule has 2 amide bonds. The van der Waals surface area contributed by atoms with Crippen LogP contribution in [0, 0.1) is 11.3 Å². The summed E-state index contributed by atoms with van der Waals surface area (Å²) in [4.78, 5) is 23.6. The summed E-state index contributed by atoms with van der Waals surface area (Å²) in [6.07, 6.45) is 3.12. The Morgan fingerprint density at radius 1 is 1.27 bits per heavy atom. The van der Waals surface area contributed by atoms with Crippen molar-refractivity contribution in [2.24, 2.45) is 11.3 Å². The second-order valence-electron chi connectivity index (χ2n) is 6.23. The summed E-state index contributed by atoms with van der Waals surface area (Å²) in [6.45, 7) is 3.42. The Bertz CT molecular complexity index is 611. The lowest BCUT2D eigenvalue weighted by atomic mass is 9.92. The van der Waals surface area contributed by atoms with Crippen LogP contribution in [0.15, 0.2) is 18.2 Å². The molecule has 1 aromatic carbocycles. The van der Waals surface area contributed by atoms with Crippen LogP contribution >= 0.6 is 11.6 Å². The van der Waals surface area contributed by atoms with Crippen LogP contribution in [0.2, 0.25) is 5.02 Å². The maximum Gasteiger partial charge on any atom is 0.228 e. The highest BCUT2D eigenvalue weighted by atomic mass is 35.5. The van der Waals surface area contributed by atoms with Crippen molar-refractivity contribution in [1.82, 2.24) is 5.32 Å². The number of rotatable bonds is 3. The molecule has 0 aromatic heterocycles. The molecule has 2 aliphatic rings. The van der Waals surface area contributed by atoms with Crippen molar-refractivity contribution in [3.8, 4) is 0 Å². The normalized spacial score (nSPS) is 22.2. The first-order chi connectivity index (χ1) is 10.5. The third-order valence-electron chi connectivity index (χ3n) is 4.65. The molecule has 2 fully saturated rings. The van der Waals surface area contributed by atoms with Crippen LogP contribution in [0.4, 0.5) is 11.4 Å². The van der Waals surface area contributed by atoms with Gasteiger partial charge >= 0.3 is 0 Å². The molecule has 1 aliphatic heterocycles. The van der Waals surface area contributed by atoms with Gasteiger partial charge in [0.1, 0.15) is 0 Å². The lowest BCUT2D eigenvalue weighted by Crippen LogP contribution is -2.31. The zero-order valence-electron chi connectivity index (χ0n) is 12.5. The van der Waals surface area contributed by atoms with Crippen molar-refractivity contribution in [2.45, 2.75) is 26.2 Å². The standard InChI is InChI=1S/C16H20ClN3O2/c1-10(21)19-14-8-11(2-3-13(14)17)20-15(22)12-9-16(12)4-6-18-7-5-16/h2-3,8,12,18H,4-7,9H2,1H3,(H,19,21)(H,20,22). The molecule has 1 saturated carbocycles. The van der Waals surface area contributed by atoms with Gasteiger partial charge in [0.05, 0.1) is 10.7 Å². The maximum atomic E-state index is 12.4. The Morgan fingerprint density at radius 2 is 2.00 bits per heavy atom. The Hall–Kier alpha value is -1.59. The molecule has 0 radical (unpaired) electrons. The van der Waals surface area contributed by atoms with E-state index in [0.717, 1.165) is 32.4 Å². The molecule has 1 atom stereocenters. The fraction of sp³-hybridized carbons (Fsp3) is 0.500. The third kappa shape index (κ3) is 3.10. The van der Waals surface area contributed by atoms with E-state index >= 15 is 0 Å². The largest absolute Gasteiger partial charge is 0.326 e. The summed E-state index contributed by atoms with van der Waals surface area (Å²) in [7, 11) is 0. The SMILES string of the molecule is CC(=O)Nc1cc(NC(=O)C2CC23CCNCC3)ccc1Cl. The van der Waals surface area contributed by atoms with E-state index in [1.807, 2.05) is 0 Å². The first-order valence-corrected chi connectivity index (χ1v) is 7.97. The summed E-state index contributed by atoms with van der Waals surface area (Å²) >= 11 is 6.03. The average molecular weight is 322 g/mol. The number of nitrogens with one attached hydrogen (secondary N) is 3. The van der Waals surface area contributed by atoms with Crippen LogP contribution in [0.25, 0.3) is 0 Å². The minimum atomic E-state index is -0.193. The Morgan fingerprint density at radius 3 is 2.68 bits per heavy atom. The number of hydrogen-bond acceptors (Lipinski definition) is 3. The molecule has 3 N–H and O–H groups in total. The quantitative estimate of drug-likeness (QED) is 0.801. The zero-order chi connectivity index (χ0) is 15.7. The van der Waals surface area contributed by atoms with Gasteiger partial charge in [-0.05, 0) is 56.0 Å². The first-order valence-electron chi connectivity index (χ1n) is 7.59. The number of halogens is 1. The summed E-state index contributed by atoms with van der Waals surface area (Å²) < 4.78 is 0. The molecule has 1 saturated heterocycles. The maximum absolute atomic E-state index is 12.4. The van der Waals surface area contributed by atoms with E-state index in [1.54, 1.807) is 18.2 Å². The highest BCUT2D eigenvalue weighted by molar-refractivity contribution is 6.33. The van der Waals surface area contributed by atoms with Crippen molar-refractivity contribution < 1.29 is 9.59 Å². The Kier molecular flexibility index (Phi) is 4.10. The smallest absolute Gasteiger partial charge is 0.228 e. The van der Waals surface area contributed by atoms with Crippen LogP contribution in [0.1, 0.15) is 26.2 Å². The molecule has 118 valence electrons. The Labute approximate surface area is 134 Å². The highest BCUT2D eigenvalue weighted by Gasteiger charge is 2.57. The number of carbonyl (C=O) groups excluding carboxylic acids is 2. The van der Waals surface area contributed by atoms with E-state index in [2.05, 4.69) is 16.0 Å². The minimum Gasteiger partial charge on any atom is -0.326 e. The highest BCUT2D eigenvalue weighted by Crippen LogP contribution is 2.58. The van der Waals surface area contributed by atoms with Gasteiger partial charge in [0.15, 0.2) is 0 Å². The van der Waals surface area contributed by atoms with E-state index in [0.29, 0.717) is 16.4 Å². The van der Waals surface area contributed by atoms with E-state index in [4.69, 9.17) is 11.6 Å². The molecule has 1 aliphatic carbocycles. The second-order valence-corrected chi connectivity index (χ2v) is 6.64. The van der Waals surface area contributed by atoms with Crippen molar-refractivity contribution in [1.29, 1.82) is 0 Å². The fourth-order valence-electron chi connectivity index (χ4n) is 3.31. The van der Waals surface area contributed by atoms with Gasteiger partial charge in [0.2, 0.25) is 11.8 Å². The van der Waals surface area contributed by atoms with E-state index < -0.39 is 0 Å². The van der Waals surface area contributed by atoms with Crippen LogP contribution in [-0.4, -0.2) is 24.9 Å². The number of anilines is 2. The van der Waals surface area contributed by atoms with Crippen LogP contribution in [0.3, 0.4) is 0 Å². The van der Waals surface area contributed by atoms with Crippen molar-refractivity contribution in [3.63, 3.8) is 0 Å². The van der Waals surface area contributed by atoms with E-state index in [1.165, 1.54) is 6.92 Å². The van der Waals surface area contributed by atoms with Crippen LogP contribution in [-0.2, 0) is 9.59 Å². The molecule has 1 spiro atoms. The molecule has 0 bridgehead atoms. The number of benzene rings is 1. The van der Waals surface area contributed by atoms with E-state index in [-0.39, 0.29) is 23.1 Å². The monoisotopic (exact) mass is 321 g/mol. The number of amides is 2. The van der Waals surface area contributed by atoms with Gasteiger partial charge in [-0.1, -0.05) is 11.6 Å². The number of piperidine rings is 1. The summed E-state index contributed by atoms with van der Waals surface area (Å²) in [5.74, 6) is -0.0197. The second kappa shape index (κ2) is 5.89. The molecular formula is C16H20ClN3O2. The summed E-state index contributed by atoms with van der Waals surface area (Å²) in [6, 6.07) is 5.12. The molecule has 5 nitrogen and oxygen atoms in total. The lowest BCUT2D eigenvalue weighted by Gasteiger charge is -2.23. The minimum absolute atomic E-state index is 0.0676. The third-order valence-corrected chi connectivity index (χ3v) is 4.98. The zero-order valence-corrected chi connectivity index (χ0v) is 13.3. The lowest BCUT2D eigenvalue weighted by molar-refractivity contribution is -0.118. The number of hydrogen-bond donors (Lipinski definition) is 3. The molecule has 3 rings (SSSR count). The fourth-order valence-corrected chi connectivity index (χ4v) is 3.48. The topological polar surface area (TPSA) is 70.2 Å². The van der Waals surface area contributed by atoms with Gasteiger partial charge in [-0.25, -0.2) is 0 Å². The van der Waals surface area contributed by atoms with Gasteiger partial charge in [-0.2, -0.15) is 0 Å². The molecule has 1 heterocycles. The van der Waals surface area contributed by atoms with Gasteiger partial charge in [0.25, 0.3) is 0 Å². The van der Waals surface area contributed by atoms with Gasteiger partial charge < -0.3 is 16.0 Å². The van der Waals surface area contributed by atoms with E-state index in [9.17, 15) is 9.59 Å². The molecule has 1 unspecified atom stereocenters. The Balaban J connectivity index is 1.66. The molecular weight excluding hydrogens is 302 g/mol. The van der Waals surface area contributed by atoms with Crippen molar-refractivity contribution in [2.75, 3.05) is 23.7 Å². The number of carbonyl (C=O) groups is 2. The predicted octanol–water partition coefficient (Wildman–Crippen LogP) is 2.63. The van der Waals surface area contributed by atoms with Gasteiger partial charge in [-0.15, -0.1) is 0 Å². The molecule has 22 heavy (non-hydrogen) atoms. The molecule has 6 heteroatoms. The predicted molar refractivity (Wildman–Crippen MR) is 87.0 cm³/mol. The van der Waals surface area contributed by atoms with Crippen molar-refractivity contribution >= 4 is 34.8 Å².